The first-order valence-electron chi connectivity index (χ1n) is 5.69. The monoisotopic (exact) mass is 304 g/mol. The van der Waals surface area contributed by atoms with Crippen LogP contribution in [0.3, 0.4) is 0 Å². The Bertz CT molecular complexity index is 701. The lowest BCUT2D eigenvalue weighted by molar-refractivity contribution is -0.129. The molecule has 0 aromatic heterocycles. The van der Waals surface area contributed by atoms with Crippen molar-refractivity contribution in [3.63, 3.8) is 0 Å². The van der Waals surface area contributed by atoms with Gasteiger partial charge in [-0.05, 0) is 24.6 Å². The van der Waals surface area contributed by atoms with Gasteiger partial charge in [0.1, 0.15) is 0 Å². The molecule has 1 rings (SSSR count). The quantitative estimate of drug-likeness (QED) is 0.492. The highest BCUT2D eigenvalue weighted by molar-refractivity contribution is 6.58. The van der Waals surface area contributed by atoms with Gasteiger partial charge in [0.15, 0.2) is 5.71 Å². The number of amides is 1. The van der Waals surface area contributed by atoms with Crippen molar-refractivity contribution in [2.45, 2.75) is 6.92 Å². The molecule has 1 aromatic rings. The summed E-state index contributed by atoms with van der Waals surface area (Å²) in [6, 6.07) is 6.84. The van der Waals surface area contributed by atoms with Gasteiger partial charge in [-0.3, -0.25) is 10.7 Å². The van der Waals surface area contributed by atoms with Crippen LogP contribution >= 0.6 is 11.6 Å². The molecule has 0 aliphatic rings. The molecule has 0 atom stereocenters. The van der Waals surface area contributed by atoms with Crippen LogP contribution < -0.4 is 5.73 Å². The fourth-order valence-electron chi connectivity index (χ4n) is 1.37. The van der Waals surface area contributed by atoms with E-state index in [0.29, 0.717) is 5.69 Å². The second-order valence-corrected chi connectivity index (χ2v) is 4.34. The number of para-hydroxylation sites is 1. The van der Waals surface area contributed by atoms with Gasteiger partial charge in [0.25, 0.3) is 5.91 Å². The van der Waals surface area contributed by atoms with Crippen molar-refractivity contribution in [1.29, 1.82) is 0 Å². The molecule has 0 unspecified atom stereocenters. The molecule has 0 radical (unpaired) electrons. The van der Waals surface area contributed by atoms with E-state index in [1.807, 2.05) is 0 Å². The Morgan fingerprint density at radius 2 is 2.05 bits per heavy atom. The zero-order valence-electron chi connectivity index (χ0n) is 11.0. The molecule has 0 spiro atoms. The SMILES string of the molecule is Cc1ccccc1N=C(C(=O)O)C(Cl)=CC(=C=[N-])C(N)=O. The molecular weight excluding hydrogens is 294 g/mol. The van der Waals surface area contributed by atoms with E-state index in [-0.39, 0.29) is 5.03 Å². The van der Waals surface area contributed by atoms with Crippen molar-refractivity contribution in [2.75, 3.05) is 0 Å². The lowest BCUT2D eigenvalue weighted by atomic mass is 10.2. The minimum absolute atomic E-state index is 0.360. The molecule has 0 bridgehead atoms. The van der Waals surface area contributed by atoms with Crippen molar-refractivity contribution < 1.29 is 14.7 Å². The third-order valence-corrected chi connectivity index (χ3v) is 2.72. The number of carbonyl (C=O) groups is 2. The van der Waals surface area contributed by atoms with Gasteiger partial charge >= 0.3 is 5.97 Å². The Morgan fingerprint density at radius 1 is 1.43 bits per heavy atom. The van der Waals surface area contributed by atoms with E-state index in [0.717, 1.165) is 11.6 Å². The standard InChI is InChI=1S/C14H11ClN3O3/c1-8-4-2-3-5-11(8)18-12(14(20)21)10(15)6-9(7-16)13(17)19/h2-6H,1H3,(H2,17,19)(H,20,21)/q-1. The molecule has 3 N–H and O–H groups in total. The lowest BCUT2D eigenvalue weighted by Gasteiger charge is -2.04. The van der Waals surface area contributed by atoms with Crippen molar-refractivity contribution in [3.05, 3.63) is 51.9 Å². The highest BCUT2D eigenvalue weighted by Gasteiger charge is 2.15. The number of aryl methyl sites for hydroxylation is 1. The summed E-state index contributed by atoms with van der Waals surface area (Å²) in [7, 11) is 0. The first-order chi connectivity index (χ1) is 9.86. The van der Waals surface area contributed by atoms with Gasteiger partial charge in [0, 0.05) is 0 Å². The minimum atomic E-state index is -1.39. The molecule has 0 saturated heterocycles. The van der Waals surface area contributed by atoms with Crippen LogP contribution in [-0.4, -0.2) is 28.6 Å². The largest absolute Gasteiger partial charge is 0.763 e. The zero-order valence-corrected chi connectivity index (χ0v) is 11.8. The van der Waals surface area contributed by atoms with E-state index in [2.05, 4.69) is 4.99 Å². The van der Waals surface area contributed by atoms with E-state index in [4.69, 9.17) is 27.9 Å². The lowest BCUT2D eigenvalue weighted by Crippen LogP contribution is -2.16. The summed E-state index contributed by atoms with van der Waals surface area (Å²) in [5, 5.41) is 17.5. The summed E-state index contributed by atoms with van der Waals surface area (Å²) < 4.78 is 0. The van der Waals surface area contributed by atoms with Crippen LogP contribution in [0.5, 0.6) is 0 Å². The molecule has 0 aliphatic carbocycles. The summed E-state index contributed by atoms with van der Waals surface area (Å²) in [6.45, 7) is 1.76. The average Bonchev–Trinajstić information content (AvgIpc) is 2.42. The van der Waals surface area contributed by atoms with Crippen LogP contribution in [0.4, 0.5) is 5.69 Å². The Kier molecular flexibility index (Phi) is 5.60. The van der Waals surface area contributed by atoms with E-state index >= 15 is 0 Å². The number of carbonyl (C=O) groups excluding carboxylic acids is 1. The maximum absolute atomic E-state index is 11.2. The number of halogens is 1. The van der Waals surface area contributed by atoms with Crippen LogP contribution in [0.25, 0.3) is 5.41 Å². The van der Waals surface area contributed by atoms with Crippen LogP contribution in [0, 0.1) is 6.92 Å². The second kappa shape index (κ2) is 7.19. The van der Waals surface area contributed by atoms with Gasteiger partial charge in [-0.1, -0.05) is 29.8 Å². The number of primary amides is 1. The fourth-order valence-corrected chi connectivity index (χ4v) is 1.60. The highest BCUT2D eigenvalue weighted by Crippen LogP contribution is 2.20. The first kappa shape index (κ1) is 16.4. The number of hydrogen-bond acceptors (Lipinski definition) is 3. The smallest absolute Gasteiger partial charge is 0.356 e. The van der Waals surface area contributed by atoms with Crippen molar-refractivity contribution in [1.82, 2.24) is 0 Å². The molecule has 21 heavy (non-hydrogen) atoms. The molecule has 1 amide bonds. The van der Waals surface area contributed by atoms with Crippen molar-refractivity contribution in [2.24, 2.45) is 10.7 Å². The normalized spacial score (nSPS) is 11.7. The van der Waals surface area contributed by atoms with E-state index in [9.17, 15) is 9.59 Å². The number of nitrogens with two attached hydrogens (primary N) is 1. The van der Waals surface area contributed by atoms with Gasteiger partial charge < -0.3 is 16.2 Å². The molecule has 7 heteroatoms. The Labute approximate surface area is 125 Å². The van der Waals surface area contributed by atoms with Crippen LogP contribution in [0.15, 0.2) is 45.9 Å². The predicted octanol–water partition coefficient (Wildman–Crippen LogP) is 1.93. The topological polar surface area (TPSA) is 115 Å². The third-order valence-electron chi connectivity index (χ3n) is 2.43. The summed E-state index contributed by atoms with van der Waals surface area (Å²) >= 11 is 5.83. The fraction of sp³-hybridized carbons (Fsp3) is 0.0714. The predicted molar refractivity (Wildman–Crippen MR) is 80.9 cm³/mol. The Balaban J connectivity index is 3.35. The molecule has 1 aromatic carbocycles. The summed E-state index contributed by atoms with van der Waals surface area (Å²) in [6.07, 6.45) is 0.884. The maximum Gasteiger partial charge on any atom is 0.356 e. The van der Waals surface area contributed by atoms with Crippen molar-refractivity contribution >= 4 is 40.7 Å². The number of nitrogens with zero attached hydrogens (tertiary/aromatic N) is 2. The highest BCUT2D eigenvalue weighted by atomic mass is 35.5. The zero-order chi connectivity index (χ0) is 16.0. The molecule has 108 valence electrons. The summed E-state index contributed by atoms with van der Waals surface area (Å²) in [4.78, 5) is 26.1. The number of carboxylic acids is 1. The third kappa shape index (κ3) is 4.42. The second-order valence-electron chi connectivity index (χ2n) is 3.93. The van der Waals surface area contributed by atoms with Crippen molar-refractivity contribution in [3.8, 4) is 0 Å². The van der Waals surface area contributed by atoms with E-state index in [1.165, 1.54) is 5.87 Å². The molecule has 0 aliphatic heterocycles. The molecule has 0 saturated carbocycles. The van der Waals surface area contributed by atoms with Crippen LogP contribution in [0.2, 0.25) is 0 Å². The number of hydrogen-bond donors (Lipinski definition) is 2. The number of carboxylic acid groups (broad SMARTS) is 1. The number of aliphatic imine (C=N–C) groups is 1. The Hall–Kier alpha value is -2.69. The molecule has 0 heterocycles. The van der Waals surface area contributed by atoms with Gasteiger partial charge in [-0.2, -0.15) is 0 Å². The van der Waals surface area contributed by atoms with Gasteiger partial charge in [-0.15, -0.1) is 0 Å². The van der Waals surface area contributed by atoms with Gasteiger partial charge in [0.05, 0.1) is 16.3 Å². The minimum Gasteiger partial charge on any atom is -0.763 e. The number of rotatable bonds is 5. The van der Waals surface area contributed by atoms with Crippen LogP contribution in [0.1, 0.15) is 5.56 Å². The van der Waals surface area contributed by atoms with Gasteiger partial charge in [0.2, 0.25) is 0 Å². The van der Waals surface area contributed by atoms with Crippen LogP contribution in [-0.2, 0) is 9.59 Å². The number of aliphatic carboxylic acids is 1. The molecular formula is C14H11ClN3O3-. The number of benzene rings is 1. The summed E-state index contributed by atoms with van der Waals surface area (Å²) in [5.74, 6) is -0.856. The first-order valence-corrected chi connectivity index (χ1v) is 6.06. The van der Waals surface area contributed by atoms with E-state index < -0.39 is 23.2 Å². The molecule has 0 fully saturated rings. The average molecular weight is 305 g/mol. The summed E-state index contributed by atoms with van der Waals surface area (Å²) in [5.41, 5.74) is 5.18. The maximum atomic E-state index is 11.2. The van der Waals surface area contributed by atoms with E-state index in [1.54, 1.807) is 31.2 Å². The Morgan fingerprint density at radius 3 is 2.52 bits per heavy atom. The molecule has 6 nitrogen and oxygen atoms in total. The van der Waals surface area contributed by atoms with Gasteiger partial charge in [-0.25, -0.2) is 9.79 Å².